The van der Waals surface area contributed by atoms with Gasteiger partial charge in [0.2, 0.25) is 0 Å². The van der Waals surface area contributed by atoms with E-state index in [1.807, 2.05) is 5.38 Å². The number of amidine groups is 1. The highest BCUT2D eigenvalue weighted by molar-refractivity contribution is 7.11. The van der Waals surface area contributed by atoms with Gasteiger partial charge in [-0.05, 0) is 6.42 Å². The minimum absolute atomic E-state index is 0.151. The van der Waals surface area contributed by atoms with Gasteiger partial charge < -0.3 is 15.1 Å². The van der Waals surface area contributed by atoms with E-state index in [-0.39, 0.29) is 11.4 Å². The third kappa shape index (κ3) is 3.81. The number of carbonyl (C=O) groups is 1. The zero-order valence-electron chi connectivity index (χ0n) is 17.0. The third-order valence-electron chi connectivity index (χ3n) is 5.30. The van der Waals surface area contributed by atoms with Crippen LogP contribution in [0.5, 0.6) is 0 Å². The first-order valence-corrected chi connectivity index (χ1v) is 10.4. The summed E-state index contributed by atoms with van der Waals surface area (Å²) in [7, 11) is 3.40. The zero-order valence-corrected chi connectivity index (χ0v) is 17.8. The number of amides is 2. The first-order chi connectivity index (χ1) is 14.3. The van der Waals surface area contributed by atoms with Crippen LogP contribution in [0, 0.1) is 5.41 Å². The molecule has 11 heteroatoms. The monoisotopic (exact) mass is 435 g/mol. The Labute approximate surface area is 176 Å². The predicted molar refractivity (Wildman–Crippen MR) is 110 cm³/mol. The number of hydrogen-bond acceptors (Lipinski definition) is 6. The van der Waals surface area contributed by atoms with Gasteiger partial charge in [-0.1, -0.05) is 6.92 Å². The fraction of sp³-hybridized carbons (Fsp3) is 0.474. The lowest BCUT2D eigenvalue weighted by Gasteiger charge is -2.28. The number of rotatable bonds is 5. The molecular weight excluding hydrogens is 412 g/mol. The minimum Gasteiger partial charge on any atom is -0.337 e. The summed E-state index contributed by atoms with van der Waals surface area (Å²) in [5, 5.41) is 9.46. The molecule has 0 aromatic carbocycles. The van der Waals surface area contributed by atoms with Crippen molar-refractivity contribution in [1.29, 1.82) is 0 Å². The molecule has 0 aliphatic carbocycles. The molecule has 1 unspecified atom stereocenters. The second kappa shape index (κ2) is 7.78. The molecule has 1 N–H and O–H groups in total. The number of thiazole rings is 1. The number of nitrogens with zero attached hydrogens (tertiary/aromatic N) is 6. The van der Waals surface area contributed by atoms with E-state index in [0.717, 1.165) is 22.1 Å². The van der Waals surface area contributed by atoms with E-state index in [0.29, 0.717) is 36.3 Å². The second-order valence-corrected chi connectivity index (χ2v) is 8.91. The van der Waals surface area contributed by atoms with E-state index in [2.05, 4.69) is 27.2 Å². The molecule has 0 spiro atoms. The van der Waals surface area contributed by atoms with Gasteiger partial charge in [0, 0.05) is 67.2 Å². The highest BCUT2D eigenvalue weighted by Gasteiger charge is 2.43. The summed E-state index contributed by atoms with van der Waals surface area (Å²) in [6.07, 6.45) is 5.24. The Hall–Kier alpha value is -2.82. The van der Waals surface area contributed by atoms with Gasteiger partial charge >= 0.3 is 12.6 Å². The molecule has 1 fully saturated rings. The SMILES string of the molecule is CN(C)C(=O)NCC1(C)CC2=C(c3cnn(C(F)F)c3)CN=C(c3nccs3)N2C1. The summed E-state index contributed by atoms with van der Waals surface area (Å²) >= 11 is 1.51. The Morgan fingerprint density at radius 1 is 1.43 bits per heavy atom. The molecule has 0 saturated carbocycles. The second-order valence-electron chi connectivity index (χ2n) is 8.02. The summed E-state index contributed by atoms with van der Waals surface area (Å²) in [6, 6.07) is -0.151. The lowest BCUT2D eigenvalue weighted by atomic mass is 9.88. The molecule has 2 aliphatic rings. The molecule has 2 aliphatic heterocycles. The molecule has 2 aromatic heterocycles. The van der Waals surface area contributed by atoms with Crippen molar-refractivity contribution in [2.75, 3.05) is 33.7 Å². The van der Waals surface area contributed by atoms with Gasteiger partial charge in [-0.15, -0.1) is 11.3 Å². The molecule has 160 valence electrons. The van der Waals surface area contributed by atoms with Gasteiger partial charge in [-0.2, -0.15) is 13.9 Å². The Kier molecular flexibility index (Phi) is 5.31. The van der Waals surface area contributed by atoms with Gasteiger partial charge in [0.15, 0.2) is 10.8 Å². The lowest BCUT2D eigenvalue weighted by Crippen LogP contribution is -2.42. The minimum atomic E-state index is -2.69. The number of aromatic nitrogens is 3. The molecule has 0 bridgehead atoms. The number of hydrogen-bond donors (Lipinski definition) is 1. The maximum absolute atomic E-state index is 13.0. The third-order valence-corrected chi connectivity index (χ3v) is 6.07. The molecule has 8 nitrogen and oxygen atoms in total. The average molecular weight is 436 g/mol. The number of halogens is 2. The van der Waals surface area contributed by atoms with Gasteiger partial charge in [0.25, 0.3) is 0 Å². The number of alkyl halides is 2. The molecule has 4 heterocycles. The van der Waals surface area contributed by atoms with Gasteiger partial charge in [-0.3, -0.25) is 4.99 Å². The maximum atomic E-state index is 13.0. The quantitative estimate of drug-likeness (QED) is 0.783. The van der Waals surface area contributed by atoms with Gasteiger partial charge in [0.05, 0.1) is 12.7 Å². The number of nitrogens with one attached hydrogen (secondary N) is 1. The summed E-state index contributed by atoms with van der Waals surface area (Å²) in [5.74, 6) is 0.785. The molecule has 30 heavy (non-hydrogen) atoms. The van der Waals surface area contributed by atoms with Crippen LogP contribution in [-0.2, 0) is 0 Å². The molecule has 2 aromatic rings. The Morgan fingerprint density at radius 3 is 2.87 bits per heavy atom. The van der Waals surface area contributed by atoms with Crippen LogP contribution < -0.4 is 5.32 Å². The van der Waals surface area contributed by atoms with Crippen molar-refractivity contribution >= 4 is 28.8 Å². The topological polar surface area (TPSA) is 78.6 Å². The molecule has 0 radical (unpaired) electrons. The van der Waals surface area contributed by atoms with E-state index < -0.39 is 6.55 Å². The Balaban J connectivity index is 1.67. The van der Waals surface area contributed by atoms with E-state index in [1.165, 1.54) is 28.6 Å². The van der Waals surface area contributed by atoms with Crippen molar-refractivity contribution in [1.82, 2.24) is 29.9 Å². The fourth-order valence-electron chi connectivity index (χ4n) is 3.78. The van der Waals surface area contributed by atoms with E-state index in [1.54, 1.807) is 20.3 Å². The summed E-state index contributed by atoms with van der Waals surface area (Å²) in [5.41, 5.74) is 2.29. The number of allylic oxidation sites excluding steroid dienone is 1. The van der Waals surface area contributed by atoms with Crippen molar-refractivity contribution < 1.29 is 13.6 Å². The Bertz CT molecular complexity index is 998. The van der Waals surface area contributed by atoms with Crippen molar-refractivity contribution in [2.45, 2.75) is 19.9 Å². The largest absolute Gasteiger partial charge is 0.337 e. The van der Waals surface area contributed by atoms with Crippen molar-refractivity contribution in [3.63, 3.8) is 0 Å². The zero-order chi connectivity index (χ0) is 21.5. The van der Waals surface area contributed by atoms with Crippen LogP contribution in [0.4, 0.5) is 13.6 Å². The first kappa shape index (κ1) is 20.5. The fourth-order valence-corrected chi connectivity index (χ4v) is 4.43. The van der Waals surface area contributed by atoms with Crippen molar-refractivity contribution in [3.05, 3.63) is 40.2 Å². The van der Waals surface area contributed by atoms with E-state index in [9.17, 15) is 13.6 Å². The molecule has 1 saturated heterocycles. The number of carbonyl (C=O) groups excluding carboxylic acids is 1. The van der Waals surface area contributed by atoms with Crippen molar-refractivity contribution in [2.24, 2.45) is 10.4 Å². The maximum Gasteiger partial charge on any atom is 0.333 e. The highest BCUT2D eigenvalue weighted by Crippen LogP contribution is 2.43. The molecule has 4 rings (SSSR count). The summed E-state index contributed by atoms with van der Waals surface area (Å²) in [4.78, 5) is 24.8. The number of fused-ring (bicyclic) bond motifs is 1. The van der Waals surface area contributed by atoms with Crippen LogP contribution in [0.15, 0.2) is 34.7 Å². The summed E-state index contributed by atoms with van der Waals surface area (Å²) in [6.45, 7) is 0.914. The average Bonchev–Trinajstić information content (AvgIpc) is 3.44. The highest BCUT2D eigenvalue weighted by atomic mass is 32.1. The molecule has 1 atom stereocenters. The van der Waals surface area contributed by atoms with Crippen LogP contribution in [0.25, 0.3) is 5.57 Å². The Morgan fingerprint density at radius 2 is 2.23 bits per heavy atom. The smallest absolute Gasteiger partial charge is 0.333 e. The molecule has 2 amide bonds. The lowest BCUT2D eigenvalue weighted by molar-refractivity contribution is 0.0566. The van der Waals surface area contributed by atoms with E-state index >= 15 is 0 Å². The van der Waals surface area contributed by atoms with Crippen LogP contribution in [0.3, 0.4) is 0 Å². The van der Waals surface area contributed by atoms with E-state index in [4.69, 9.17) is 4.99 Å². The van der Waals surface area contributed by atoms with Gasteiger partial charge in [0.1, 0.15) is 0 Å². The number of urea groups is 1. The summed E-state index contributed by atoms with van der Waals surface area (Å²) < 4.78 is 26.7. The number of aliphatic imine (C=N–C) groups is 1. The first-order valence-electron chi connectivity index (χ1n) is 9.49. The molecular formula is C19H23F2N7OS. The van der Waals surface area contributed by atoms with Crippen LogP contribution in [0.2, 0.25) is 0 Å². The standard InChI is InChI=1S/C19H23F2N7OS/c1-19(10-24-18(29)26(2)3)6-14-13(12-7-25-28(9-12)17(20)21)8-23-15(27(14)11-19)16-22-4-5-30-16/h4-5,7,9,17H,6,8,10-11H2,1-3H3,(H,24,29). The normalized spacial score (nSPS) is 21.1. The van der Waals surface area contributed by atoms with Crippen molar-refractivity contribution in [3.8, 4) is 0 Å². The predicted octanol–water partition coefficient (Wildman–Crippen LogP) is 2.89. The van der Waals surface area contributed by atoms with Crippen LogP contribution in [-0.4, -0.2) is 70.2 Å². The van der Waals surface area contributed by atoms with Gasteiger partial charge in [-0.25, -0.2) is 14.5 Å². The van der Waals surface area contributed by atoms with Crippen LogP contribution >= 0.6 is 11.3 Å². The van der Waals surface area contributed by atoms with Crippen LogP contribution in [0.1, 0.15) is 30.5 Å².